The predicted octanol–water partition coefficient (Wildman–Crippen LogP) is 2.67. The Balaban J connectivity index is 4.72. The van der Waals surface area contributed by atoms with Gasteiger partial charge in [-0.1, -0.05) is 0 Å². The molecule has 0 aromatic heterocycles. The molecular formula is C6H10N2S2Sn. The summed E-state index contributed by atoms with van der Waals surface area (Å²) in [5.74, 6) is 0. The van der Waals surface area contributed by atoms with E-state index in [2.05, 4.69) is 55.0 Å². The normalized spacial score (nSPS) is 9.64. The molecule has 0 aromatic carbocycles. The molecule has 0 saturated carbocycles. The summed E-state index contributed by atoms with van der Waals surface area (Å²) in [5.41, 5.74) is 0. The van der Waals surface area contributed by atoms with Crippen molar-refractivity contribution in [3.05, 3.63) is 0 Å². The van der Waals surface area contributed by atoms with E-state index in [1.165, 1.54) is 0 Å². The zero-order valence-electron chi connectivity index (χ0n) is 6.63. The number of nitrogens with zero attached hydrogens (tertiary/aromatic N) is 2. The third-order valence-electron chi connectivity index (χ3n) is 1.64. The average molecular weight is 293 g/mol. The average Bonchev–Trinajstić information content (AvgIpc) is 2.04. The van der Waals surface area contributed by atoms with Gasteiger partial charge in [0.1, 0.15) is 0 Å². The van der Waals surface area contributed by atoms with Crippen LogP contribution in [0.5, 0.6) is 0 Å². The molecule has 0 N–H and O–H groups in total. The molecule has 0 saturated heterocycles. The van der Waals surface area contributed by atoms with Crippen LogP contribution in [0, 0.1) is 0 Å². The van der Waals surface area contributed by atoms with Crippen LogP contribution in [0.4, 0.5) is 0 Å². The summed E-state index contributed by atoms with van der Waals surface area (Å²) in [4.78, 5) is 0. The van der Waals surface area contributed by atoms with E-state index in [0.29, 0.717) is 0 Å². The van der Waals surface area contributed by atoms with Crippen molar-refractivity contribution >= 4 is 53.7 Å². The number of thiocarbonyl (C=S) groups is 2. The Morgan fingerprint density at radius 3 is 1.64 bits per heavy atom. The molecule has 0 aromatic rings. The quantitative estimate of drug-likeness (QED) is 0.452. The van der Waals surface area contributed by atoms with Crippen LogP contribution in [-0.4, -0.2) is 29.2 Å². The van der Waals surface area contributed by atoms with Gasteiger partial charge in [0, 0.05) is 0 Å². The fourth-order valence-electron chi connectivity index (χ4n) is 0.761. The van der Waals surface area contributed by atoms with Crippen molar-refractivity contribution in [1.29, 1.82) is 0 Å². The summed E-state index contributed by atoms with van der Waals surface area (Å²) >= 11 is 6.47. The first-order valence-electron chi connectivity index (χ1n) is 3.42. The first kappa shape index (κ1) is 11.4. The first-order chi connectivity index (χ1) is 5.24. The Morgan fingerprint density at radius 1 is 1.09 bits per heavy atom. The SMILES string of the molecule is C[CH2][Sn]([CH2]C)([N]=C=S)[N]=C=S. The van der Waals surface area contributed by atoms with Crippen LogP contribution in [0.15, 0.2) is 6.43 Å². The second kappa shape index (κ2) is 5.98. The summed E-state index contributed by atoms with van der Waals surface area (Å²) in [5, 5.41) is 4.83. The number of hydrogen-bond donors (Lipinski definition) is 0. The fraction of sp³-hybridized carbons (Fsp3) is 0.667. The van der Waals surface area contributed by atoms with Gasteiger partial charge in [0.05, 0.1) is 0 Å². The molecule has 0 aliphatic carbocycles. The standard InChI is InChI=1S/2C2H5.2CNS.Sn/c2*1-2;2*2-1-3;/h2*1H2,2H3;;;/q;;2*-1;+2. The molecule has 0 bridgehead atoms. The van der Waals surface area contributed by atoms with Crippen molar-refractivity contribution < 1.29 is 0 Å². The van der Waals surface area contributed by atoms with Gasteiger partial charge in [0.25, 0.3) is 0 Å². The van der Waals surface area contributed by atoms with Crippen LogP contribution in [0.25, 0.3) is 0 Å². The zero-order chi connectivity index (χ0) is 8.74. The topological polar surface area (TPSA) is 24.7 Å². The van der Waals surface area contributed by atoms with Gasteiger partial charge in [-0.25, -0.2) is 0 Å². The van der Waals surface area contributed by atoms with Crippen LogP contribution in [0.1, 0.15) is 13.8 Å². The van der Waals surface area contributed by atoms with Crippen molar-refractivity contribution in [3.8, 4) is 0 Å². The number of hydrogen-bond acceptors (Lipinski definition) is 4. The summed E-state index contributed by atoms with van der Waals surface area (Å²) in [6.45, 7) is 4.15. The van der Waals surface area contributed by atoms with Gasteiger partial charge in [0.2, 0.25) is 0 Å². The molecule has 0 aliphatic heterocycles. The molecule has 0 heterocycles. The molecule has 2 nitrogen and oxygen atoms in total. The molecule has 5 heteroatoms. The van der Waals surface area contributed by atoms with Crippen LogP contribution in [0.3, 0.4) is 0 Å². The van der Waals surface area contributed by atoms with Crippen molar-refractivity contribution in [2.75, 3.05) is 0 Å². The van der Waals surface area contributed by atoms with E-state index in [4.69, 9.17) is 0 Å². The van der Waals surface area contributed by atoms with Crippen LogP contribution in [0.2, 0.25) is 8.87 Å². The van der Waals surface area contributed by atoms with Crippen LogP contribution < -0.4 is 0 Å². The summed E-state index contributed by atoms with van der Waals surface area (Å²) in [7, 11) is 0. The maximum atomic E-state index is 4.56. The Kier molecular flexibility index (Phi) is 6.19. The van der Waals surface area contributed by atoms with Gasteiger partial charge in [-0.05, 0) is 0 Å². The number of isothiocyanates is 2. The van der Waals surface area contributed by atoms with E-state index in [9.17, 15) is 0 Å². The minimum absolute atomic E-state index is 0.985. The molecule has 11 heavy (non-hydrogen) atoms. The molecular weight excluding hydrogens is 283 g/mol. The Bertz CT molecular complexity index is 193. The van der Waals surface area contributed by atoms with Gasteiger partial charge in [-0.15, -0.1) is 0 Å². The molecule has 0 radical (unpaired) electrons. The molecule has 0 rings (SSSR count). The molecule has 0 atom stereocenters. The second-order valence-corrected chi connectivity index (χ2v) is 13.4. The van der Waals surface area contributed by atoms with Gasteiger partial charge >= 0.3 is 82.8 Å². The molecule has 60 valence electrons. The Morgan fingerprint density at radius 2 is 1.45 bits per heavy atom. The molecule has 0 fully saturated rings. The first-order valence-corrected chi connectivity index (χ1v) is 10.8. The van der Waals surface area contributed by atoms with Crippen LogP contribution >= 0.6 is 24.4 Å². The minimum atomic E-state index is -2.65. The second-order valence-electron chi connectivity index (χ2n) is 2.10. The van der Waals surface area contributed by atoms with Gasteiger partial charge in [-0.3, -0.25) is 0 Å². The van der Waals surface area contributed by atoms with Crippen molar-refractivity contribution in [2.45, 2.75) is 22.7 Å². The van der Waals surface area contributed by atoms with Gasteiger partial charge < -0.3 is 0 Å². The van der Waals surface area contributed by atoms with Gasteiger partial charge in [-0.2, -0.15) is 0 Å². The summed E-state index contributed by atoms with van der Waals surface area (Å²) < 4.78 is 10.3. The van der Waals surface area contributed by atoms with E-state index >= 15 is 0 Å². The molecule has 0 spiro atoms. The van der Waals surface area contributed by atoms with Crippen molar-refractivity contribution in [1.82, 2.24) is 0 Å². The third kappa shape index (κ3) is 3.54. The third-order valence-corrected chi connectivity index (χ3v) is 12.2. The Hall–Kier alpha value is 0.399. The molecule has 0 unspecified atom stereocenters. The van der Waals surface area contributed by atoms with E-state index in [1.807, 2.05) is 0 Å². The summed E-state index contributed by atoms with van der Waals surface area (Å²) in [6, 6.07) is 0. The van der Waals surface area contributed by atoms with E-state index in [0.717, 1.165) is 8.87 Å². The zero-order valence-corrected chi connectivity index (χ0v) is 11.1. The van der Waals surface area contributed by atoms with Crippen LogP contribution in [-0.2, 0) is 0 Å². The fourth-order valence-corrected chi connectivity index (χ4v) is 7.39. The molecule has 0 aliphatic rings. The van der Waals surface area contributed by atoms with E-state index in [-0.39, 0.29) is 0 Å². The van der Waals surface area contributed by atoms with E-state index in [1.54, 1.807) is 0 Å². The summed E-state index contributed by atoms with van der Waals surface area (Å²) in [6.07, 6.45) is 0. The van der Waals surface area contributed by atoms with Gasteiger partial charge in [0.15, 0.2) is 0 Å². The van der Waals surface area contributed by atoms with E-state index < -0.39 is 18.9 Å². The predicted molar refractivity (Wildman–Crippen MR) is 56.8 cm³/mol. The molecule has 0 amide bonds. The number of rotatable bonds is 4. The maximum absolute atomic E-state index is 4.56. The Labute approximate surface area is 82.4 Å². The van der Waals surface area contributed by atoms with Crippen molar-refractivity contribution in [3.63, 3.8) is 0 Å². The monoisotopic (exact) mass is 294 g/mol. The van der Waals surface area contributed by atoms with Crippen molar-refractivity contribution in [2.24, 2.45) is 6.43 Å².